The van der Waals surface area contributed by atoms with E-state index < -0.39 is 24.2 Å². The number of carbonyl (C=O) groups excluding carboxylic acids is 1. The minimum atomic E-state index is -4.24. The predicted octanol–water partition coefficient (Wildman–Crippen LogP) is 2.42. The third-order valence-electron chi connectivity index (χ3n) is 4.76. The maximum Gasteiger partial charge on any atom is 0.403 e. The van der Waals surface area contributed by atoms with Crippen molar-refractivity contribution >= 4 is 5.91 Å². The lowest BCUT2D eigenvalue weighted by Gasteiger charge is -2.39. The quantitative estimate of drug-likeness (QED) is 0.913. The van der Waals surface area contributed by atoms with Gasteiger partial charge in [-0.2, -0.15) is 13.2 Å². The van der Waals surface area contributed by atoms with Gasteiger partial charge in [0.1, 0.15) is 6.04 Å². The fourth-order valence-corrected chi connectivity index (χ4v) is 2.94. The molecule has 0 bridgehead atoms. The zero-order chi connectivity index (χ0) is 17.9. The third-order valence-corrected chi connectivity index (χ3v) is 4.76. The van der Waals surface area contributed by atoms with Gasteiger partial charge in [-0.05, 0) is 12.5 Å². The van der Waals surface area contributed by atoms with Crippen molar-refractivity contribution < 1.29 is 18.0 Å². The molecule has 24 heavy (non-hydrogen) atoms. The van der Waals surface area contributed by atoms with Crippen LogP contribution in [0.2, 0.25) is 0 Å². The first-order valence-corrected chi connectivity index (χ1v) is 8.12. The van der Waals surface area contributed by atoms with Gasteiger partial charge in [-0.3, -0.25) is 9.69 Å². The van der Waals surface area contributed by atoms with Crippen molar-refractivity contribution in [3.8, 4) is 0 Å². The molecule has 0 spiro atoms. The Balaban J connectivity index is 1.93. The molecule has 0 aliphatic carbocycles. The van der Waals surface area contributed by atoms with E-state index in [4.69, 9.17) is 5.73 Å². The normalized spacial score (nSPS) is 20.5. The molecule has 0 aromatic heterocycles. The fraction of sp³-hybridized carbons (Fsp3) is 0.588. The van der Waals surface area contributed by atoms with Crippen molar-refractivity contribution in [2.45, 2.75) is 32.1 Å². The summed E-state index contributed by atoms with van der Waals surface area (Å²) < 4.78 is 38.3. The van der Waals surface area contributed by atoms with E-state index in [1.165, 1.54) is 4.90 Å². The largest absolute Gasteiger partial charge is 0.403 e. The Labute approximate surface area is 140 Å². The second-order valence-corrected chi connectivity index (χ2v) is 6.30. The first kappa shape index (κ1) is 18.7. The summed E-state index contributed by atoms with van der Waals surface area (Å²) in [5.74, 6) is -0.523. The zero-order valence-electron chi connectivity index (χ0n) is 14.0. The molecule has 0 saturated carbocycles. The molecule has 4 nitrogen and oxygen atoms in total. The minimum absolute atomic E-state index is 0.106. The molecular formula is C17H24F3N3O. The van der Waals surface area contributed by atoms with E-state index in [-0.39, 0.29) is 19.0 Å². The Morgan fingerprint density at radius 1 is 1.08 bits per heavy atom. The minimum Gasteiger partial charge on any atom is -0.340 e. The van der Waals surface area contributed by atoms with Crippen LogP contribution in [-0.4, -0.2) is 54.1 Å². The monoisotopic (exact) mass is 343 g/mol. The van der Waals surface area contributed by atoms with E-state index in [2.05, 4.69) is 0 Å². The van der Waals surface area contributed by atoms with Crippen LogP contribution in [-0.2, 0) is 4.79 Å². The first-order valence-electron chi connectivity index (χ1n) is 8.12. The number of benzene rings is 1. The fourth-order valence-electron chi connectivity index (χ4n) is 2.94. The maximum atomic E-state index is 12.8. The van der Waals surface area contributed by atoms with Gasteiger partial charge in [0.15, 0.2) is 0 Å². The van der Waals surface area contributed by atoms with Crippen LogP contribution in [0.1, 0.15) is 25.5 Å². The predicted molar refractivity (Wildman–Crippen MR) is 86.2 cm³/mol. The Hall–Kier alpha value is -1.60. The van der Waals surface area contributed by atoms with Gasteiger partial charge in [-0.25, -0.2) is 0 Å². The summed E-state index contributed by atoms with van der Waals surface area (Å²) in [6, 6.07) is 7.44. The summed E-state index contributed by atoms with van der Waals surface area (Å²) in [5.41, 5.74) is 7.05. The summed E-state index contributed by atoms with van der Waals surface area (Å²) in [7, 11) is 0. The number of piperazine rings is 1. The number of hydrogen-bond donors (Lipinski definition) is 1. The van der Waals surface area contributed by atoms with Gasteiger partial charge in [0.05, 0.1) is 5.92 Å². The van der Waals surface area contributed by atoms with E-state index in [9.17, 15) is 18.0 Å². The molecule has 1 fully saturated rings. The molecule has 1 amide bonds. The topological polar surface area (TPSA) is 49.6 Å². The number of alkyl halides is 3. The molecule has 1 aromatic rings. The van der Waals surface area contributed by atoms with Gasteiger partial charge < -0.3 is 10.6 Å². The van der Waals surface area contributed by atoms with E-state index in [0.29, 0.717) is 13.1 Å². The van der Waals surface area contributed by atoms with Gasteiger partial charge in [0, 0.05) is 32.2 Å². The molecule has 1 saturated heterocycles. The third kappa shape index (κ3) is 4.27. The highest BCUT2D eigenvalue weighted by Gasteiger charge is 2.41. The number of nitrogens with zero attached hydrogens (tertiary/aromatic N) is 2. The zero-order valence-corrected chi connectivity index (χ0v) is 14.0. The molecule has 0 radical (unpaired) electrons. The van der Waals surface area contributed by atoms with Crippen LogP contribution in [0.15, 0.2) is 30.3 Å². The lowest BCUT2D eigenvalue weighted by molar-refractivity contribution is -0.183. The van der Waals surface area contributed by atoms with Crippen LogP contribution < -0.4 is 5.73 Å². The molecule has 3 atom stereocenters. The summed E-state index contributed by atoms with van der Waals surface area (Å²) in [4.78, 5) is 15.6. The summed E-state index contributed by atoms with van der Waals surface area (Å²) in [6.45, 7) is 3.96. The molecule has 7 heteroatoms. The van der Waals surface area contributed by atoms with Crippen molar-refractivity contribution in [3.63, 3.8) is 0 Å². The second kappa shape index (κ2) is 7.53. The molecule has 2 rings (SSSR count). The highest BCUT2D eigenvalue weighted by Crippen LogP contribution is 2.26. The van der Waals surface area contributed by atoms with Crippen LogP contribution in [0, 0.1) is 5.92 Å². The van der Waals surface area contributed by atoms with Crippen molar-refractivity contribution in [1.82, 2.24) is 9.80 Å². The van der Waals surface area contributed by atoms with E-state index >= 15 is 0 Å². The number of halogens is 3. The molecule has 134 valence electrons. The van der Waals surface area contributed by atoms with Crippen molar-refractivity contribution in [3.05, 3.63) is 35.9 Å². The maximum absolute atomic E-state index is 12.8. The van der Waals surface area contributed by atoms with E-state index in [1.54, 1.807) is 11.8 Å². The molecule has 1 aliphatic heterocycles. The van der Waals surface area contributed by atoms with Gasteiger partial charge in [-0.1, -0.05) is 37.3 Å². The lowest BCUT2D eigenvalue weighted by Crippen LogP contribution is -2.55. The average Bonchev–Trinajstić information content (AvgIpc) is 2.59. The number of rotatable bonds is 4. The smallest absolute Gasteiger partial charge is 0.340 e. The standard InChI is InChI=1S/C17H24F3N3O/c1-12(15(21)14-6-4-3-5-7-14)16(24)23-10-8-22(9-11-23)13(2)17(18,19)20/h3-7,12-13,15H,8-11,21H2,1-2H3. The van der Waals surface area contributed by atoms with Gasteiger partial charge >= 0.3 is 6.18 Å². The highest BCUT2D eigenvalue weighted by molar-refractivity contribution is 5.79. The summed E-state index contributed by atoms with van der Waals surface area (Å²) in [6.07, 6.45) is -4.24. The van der Waals surface area contributed by atoms with Gasteiger partial charge in [0.2, 0.25) is 5.91 Å². The molecule has 3 unspecified atom stereocenters. The Morgan fingerprint density at radius 3 is 2.12 bits per heavy atom. The second-order valence-electron chi connectivity index (χ2n) is 6.30. The Bertz CT molecular complexity index is 542. The first-order chi connectivity index (χ1) is 11.2. The number of hydrogen-bond acceptors (Lipinski definition) is 3. The Kier molecular flexibility index (Phi) is 5.87. The summed E-state index contributed by atoms with van der Waals surface area (Å²) >= 11 is 0. The lowest BCUT2D eigenvalue weighted by atomic mass is 9.94. The van der Waals surface area contributed by atoms with Crippen LogP contribution in [0.5, 0.6) is 0 Å². The number of carbonyl (C=O) groups is 1. The molecule has 1 aliphatic rings. The van der Waals surface area contributed by atoms with E-state index in [0.717, 1.165) is 12.5 Å². The summed E-state index contributed by atoms with van der Waals surface area (Å²) in [5, 5.41) is 0. The molecular weight excluding hydrogens is 319 g/mol. The van der Waals surface area contributed by atoms with Crippen LogP contribution in [0.4, 0.5) is 13.2 Å². The number of nitrogens with two attached hydrogens (primary N) is 1. The van der Waals surface area contributed by atoms with E-state index in [1.807, 2.05) is 30.3 Å². The van der Waals surface area contributed by atoms with Crippen molar-refractivity contribution in [2.24, 2.45) is 11.7 Å². The highest BCUT2D eigenvalue weighted by atomic mass is 19.4. The average molecular weight is 343 g/mol. The van der Waals surface area contributed by atoms with Gasteiger partial charge in [-0.15, -0.1) is 0 Å². The van der Waals surface area contributed by atoms with Gasteiger partial charge in [0.25, 0.3) is 0 Å². The Morgan fingerprint density at radius 2 is 1.62 bits per heavy atom. The van der Waals surface area contributed by atoms with Crippen LogP contribution >= 0.6 is 0 Å². The number of amides is 1. The molecule has 1 heterocycles. The molecule has 2 N–H and O–H groups in total. The van der Waals surface area contributed by atoms with Crippen molar-refractivity contribution in [1.29, 1.82) is 0 Å². The SMILES string of the molecule is CC(C(=O)N1CCN(C(C)C(F)(F)F)CC1)C(N)c1ccccc1. The van der Waals surface area contributed by atoms with Crippen molar-refractivity contribution in [2.75, 3.05) is 26.2 Å². The van der Waals surface area contributed by atoms with Crippen LogP contribution in [0.25, 0.3) is 0 Å². The van der Waals surface area contributed by atoms with Crippen LogP contribution in [0.3, 0.4) is 0 Å². The molecule has 1 aromatic carbocycles.